The molecule has 0 aliphatic heterocycles. The van der Waals surface area contributed by atoms with Crippen LogP contribution in [0.1, 0.15) is 10.5 Å². The second-order valence-corrected chi connectivity index (χ2v) is 3.80. The summed E-state index contributed by atoms with van der Waals surface area (Å²) in [5.41, 5.74) is 0.442. The molecule has 4 heteroatoms. The lowest BCUT2D eigenvalue weighted by molar-refractivity contribution is 0.104. The van der Waals surface area contributed by atoms with Gasteiger partial charge in [0.25, 0.3) is 0 Å². The summed E-state index contributed by atoms with van der Waals surface area (Å²) in [6.07, 6.45) is 3.19. The van der Waals surface area contributed by atoms with Crippen LogP contribution in [0.4, 0.5) is 0 Å². The number of hydrogen-bond donors (Lipinski definition) is 0. The van der Waals surface area contributed by atoms with Gasteiger partial charge >= 0.3 is 0 Å². The number of pyridine rings is 1. The average molecular weight is 255 g/mol. The van der Waals surface area contributed by atoms with Crippen molar-refractivity contribution in [3.8, 4) is 0 Å². The van der Waals surface area contributed by atoms with Gasteiger partial charge in [-0.25, -0.2) is 4.98 Å². The Bertz CT molecular complexity index is 361. The van der Waals surface area contributed by atoms with Gasteiger partial charge in [0.1, 0.15) is 10.3 Å². The molecular weight excluding hydrogens is 244 g/mol. The lowest BCUT2D eigenvalue weighted by Crippen LogP contribution is -2.04. The second-order valence-electron chi connectivity index (χ2n) is 2.99. The van der Waals surface area contributed by atoms with E-state index in [1.54, 1.807) is 29.3 Å². The highest BCUT2D eigenvalue weighted by molar-refractivity contribution is 9.10. The van der Waals surface area contributed by atoms with Crippen LogP contribution in [0.2, 0.25) is 0 Å². The third kappa shape index (κ3) is 3.30. The third-order valence-electron chi connectivity index (χ3n) is 1.49. The molecule has 1 aromatic rings. The summed E-state index contributed by atoms with van der Waals surface area (Å²) in [7, 11) is 3.72. The topological polar surface area (TPSA) is 33.2 Å². The molecule has 1 rings (SSSR count). The van der Waals surface area contributed by atoms with Crippen molar-refractivity contribution in [1.82, 2.24) is 9.88 Å². The minimum absolute atomic E-state index is 0.0972. The number of allylic oxidation sites excluding steroid dienone is 1. The Kier molecular flexibility index (Phi) is 3.83. The van der Waals surface area contributed by atoms with E-state index in [0.717, 1.165) is 0 Å². The molecule has 0 aromatic carbocycles. The van der Waals surface area contributed by atoms with Crippen LogP contribution < -0.4 is 0 Å². The minimum Gasteiger partial charge on any atom is -0.383 e. The lowest BCUT2D eigenvalue weighted by Gasteiger charge is -2.02. The van der Waals surface area contributed by atoms with Gasteiger partial charge in [0, 0.05) is 26.4 Å². The predicted molar refractivity (Wildman–Crippen MR) is 59.1 cm³/mol. The molecule has 0 spiro atoms. The van der Waals surface area contributed by atoms with E-state index >= 15 is 0 Å². The average Bonchev–Trinajstić information content (AvgIpc) is 2.14. The van der Waals surface area contributed by atoms with Crippen molar-refractivity contribution in [1.29, 1.82) is 0 Å². The maximum Gasteiger partial charge on any atom is 0.205 e. The summed E-state index contributed by atoms with van der Waals surface area (Å²) in [6, 6.07) is 5.26. The highest BCUT2D eigenvalue weighted by Gasteiger charge is 2.02. The Morgan fingerprint density at radius 1 is 1.50 bits per heavy atom. The summed E-state index contributed by atoms with van der Waals surface area (Å²) < 4.78 is 0.668. The van der Waals surface area contributed by atoms with Gasteiger partial charge in [0.15, 0.2) is 0 Å². The minimum atomic E-state index is -0.0972. The molecule has 3 nitrogen and oxygen atoms in total. The van der Waals surface area contributed by atoms with Crippen LogP contribution in [-0.2, 0) is 0 Å². The second kappa shape index (κ2) is 4.91. The Hall–Kier alpha value is -1.16. The smallest absolute Gasteiger partial charge is 0.205 e. The van der Waals surface area contributed by atoms with E-state index in [9.17, 15) is 4.79 Å². The molecule has 1 heterocycles. The summed E-state index contributed by atoms with van der Waals surface area (Å²) >= 11 is 3.21. The Morgan fingerprint density at radius 3 is 2.79 bits per heavy atom. The standard InChI is InChI=1S/C10H11BrN2O/c1-13(2)7-6-9(14)8-4-3-5-10(11)12-8/h3-7H,1-2H3/b7-6-. The largest absolute Gasteiger partial charge is 0.383 e. The lowest BCUT2D eigenvalue weighted by atomic mass is 10.2. The number of aromatic nitrogens is 1. The SMILES string of the molecule is CN(C)/C=C\C(=O)c1cccc(Br)n1. The van der Waals surface area contributed by atoms with Gasteiger partial charge in [-0.15, -0.1) is 0 Å². The van der Waals surface area contributed by atoms with Gasteiger partial charge in [-0.3, -0.25) is 4.79 Å². The van der Waals surface area contributed by atoms with Gasteiger partial charge in [-0.05, 0) is 28.1 Å². The van der Waals surface area contributed by atoms with Crippen LogP contribution in [0, 0.1) is 0 Å². The van der Waals surface area contributed by atoms with E-state index in [-0.39, 0.29) is 5.78 Å². The molecule has 1 aromatic heterocycles. The number of rotatable bonds is 3. The van der Waals surface area contributed by atoms with Crippen molar-refractivity contribution >= 4 is 21.7 Å². The van der Waals surface area contributed by atoms with Gasteiger partial charge in [-0.1, -0.05) is 6.07 Å². The van der Waals surface area contributed by atoms with E-state index in [1.165, 1.54) is 6.08 Å². The molecule has 0 atom stereocenters. The van der Waals surface area contributed by atoms with Crippen molar-refractivity contribution in [2.24, 2.45) is 0 Å². The van der Waals surface area contributed by atoms with E-state index in [0.29, 0.717) is 10.3 Å². The molecular formula is C10H11BrN2O. The quantitative estimate of drug-likeness (QED) is 0.471. The number of ketones is 1. The third-order valence-corrected chi connectivity index (χ3v) is 1.93. The van der Waals surface area contributed by atoms with E-state index in [4.69, 9.17) is 0 Å². The molecule has 0 aliphatic rings. The summed E-state index contributed by atoms with van der Waals surface area (Å²) in [5, 5.41) is 0. The summed E-state index contributed by atoms with van der Waals surface area (Å²) in [5.74, 6) is -0.0972. The van der Waals surface area contributed by atoms with Gasteiger partial charge in [-0.2, -0.15) is 0 Å². The molecule has 0 radical (unpaired) electrons. The van der Waals surface area contributed by atoms with Crippen LogP contribution in [0.3, 0.4) is 0 Å². The summed E-state index contributed by atoms with van der Waals surface area (Å²) in [4.78, 5) is 17.4. The van der Waals surface area contributed by atoms with Gasteiger partial charge < -0.3 is 4.90 Å². The van der Waals surface area contributed by atoms with Crippen LogP contribution >= 0.6 is 15.9 Å². The molecule has 0 saturated carbocycles. The zero-order chi connectivity index (χ0) is 10.6. The van der Waals surface area contributed by atoms with Crippen molar-refractivity contribution in [2.75, 3.05) is 14.1 Å². The van der Waals surface area contributed by atoms with Gasteiger partial charge in [0.2, 0.25) is 5.78 Å². The Balaban J connectivity index is 2.80. The molecule has 0 N–H and O–H groups in total. The maximum atomic E-state index is 11.5. The number of hydrogen-bond acceptors (Lipinski definition) is 3. The molecule has 14 heavy (non-hydrogen) atoms. The Labute approximate surface area is 91.6 Å². The highest BCUT2D eigenvalue weighted by atomic mass is 79.9. The normalized spacial score (nSPS) is 10.5. The summed E-state index contributed by atoms with van der Waals surface area (Å²) in [6.45, 7) is 0. The van der Waals surface area contributed by atoms with Crippen LogP contribution in [0.15, 0.2) is 35.1 Å². The fourth-order valence-electron chi connectivity index (χ4n) is 0.848. The van der Waals surface area contributed by atoms with Crippen molar-refractivity contribution in [2.45, 2.75) is 0 Å². The van der Waals surface area contributed by atoms with Crippen molar-refractivity contribution in [3.05, 3.63) is 40.8 Å². The fraction of sp³-hybridized carbons (Fsp3) is 0.200. The van der Waals surface area contributed by atoms with Crippen LogP contribution in [0.5, 0.6) is 0 Å². The number of carbonyl (C=O) groups is 1. The van der Waals surface area contributed by atoms with Crippen LogP contribution in [-0.4, -0.2) is 29.8 Å². The maximum absolute atomic E-state index is 11.5. The van der Waals surface area contributed by atoms with Crippen LogP contribution in [0.25, 0.3) is 0 Å². The van der Waals surface area contributed by atoms with E-state index in [2.05, 4.69) is 20.9 Å². The predicted octanol–water partition coefficient (Wildman–Crippen LogP) is 2.10. The number of halogens is 1. The molecule has 0 fully saturated rings. The first-order valence-corrected chi connectivity index (χ1v) is 4.90. The molecule has 0 amide bonds. The van der Waals surface area contributed by atoms with E-state index < -0.39 is 0 Å². The first kappa shape index (κ1) is 10.9. The fourth-order valence-corrected chi connectivity index (χ4v) is 1.19. The van der Waals surface area contributed by atoms with Crippen molar-refractivity contribution in [3.63, 3.8) is 0 Å². The first-order valence-electron chi connectivity index (χ1n) is 4.11. The molecule has 74 valence electrons. The molecule has 0 saturated heterocycles. The number of carbonyl (C=O) groups excluding carboxylic acids is 1. The van der Waals surface area contributed by atoms with Crippen molar-refractivity contribution < 1.29 is 4.79 Å². The molecule has 0 aliphatic carbocycles. The van der Waals surface area contributed by atoms with Gasteiger partial charge in [0.05, 0.1) is 0 Å². The first-order chi connectivity index (χ1) is 6.59. The zero-order valence-corrected chi connectivity index (χ0v) is 9.65. The molecule has 0 unspecified atom stereocenters. The molecule has 0 bridgehead atoms. The monoisotopic (exact) mass is 254 g/mol. The number of nitrogens with zero attached hydrogens (tertiary/aromatic N) is 2. The Morgan fingerprint density at radius 2 is 2.21 bits per heavy atom. The highest BCUT2D eigenvalue weighted by Crippen LogP contribution is 2.07. The van der Waals surface area contributed by atoms with E-state index in [1.807, 2.05) is 14.1 Å². The zero-order valence-electron chi connectivity index (χ0n) is 8.07.